The lowest BCUT2D eigenvalue weighted by molar-refractivity contribution is -0.115. The van der Waals surface area contributed by atoms with Gasteiger partial charge in [0.05, 0.1) is 24.0 Å². The van der Waals surface area contributed by atoms with Crippen molar-refractivity contribution in [2.45, 2.75) is 11.6 Å². The van der Waals surface area contributed by atoms with Crippen LogP contribution in [0.4, 0.5) is 5.69 Å². The van der Waals surface area contributed by atoms with Gasteiger partial charge >= 0.3 is 0 Å². The number of anilines is 1. The molecule has 7 nitrogen and oxygen atoms in total. The van der Waals surface area contributed by atoms with Crippen LogP contribution in [0.1, 0.15) is 12.0 Å². The SMILES string of the molecule is COc1ccccc1-n1cnnc1SCCC(=O)Nc1ccccc1C#N. The molecule has 0 saturated carbocycles. The van der Waals surface area contributed by atoms with Crippen LogP contribution in [0.25, 0.3) is 5.69 Å². The summed E-state index contributed by atoms with van der Waals surface area (Å²) in [5.41, 5.74) is 1.79. The first-order valence-corrected chi connectivity index (χ1v) is 9.16. The van der Waals surface area contributed by atoms with Crippen molar-refractivity contribution in [3.8, 4) is 17.5 Å². The van der Waals surface area contributed by atoms with E-state index in [9.17, 15) is 4.79 Å². The number of methoxy groups -OCH3 is 1. The maximum atomic E-state index is 12.2. The van der Waals surface area contributed by atoms with Crippen molar-refractivity contribution in [1.82, 2.24) is 14.8 Å². The van der Waals surface area contributed by atoms with Crippen LogP contribution in [0.5, 0.6) is 5.75 Å². The van der Waals surface area contributed by atoms with Gasteiger partial charge in [0.1, 0.15) is 18.1 Å². The van der Waals surface area contributed by atoms with Gasteiger partial charge in [-0.25, -0.2) is 0 Å². The second kappa shape index (κ2) is 8.87. The van der Waals surface area contributed by atoms with Crippen LogP contribution in [0.2, 0.25) is 0 Å². The normalized spacial score (nSPS) is 10.2. The smallest absolute Gasteiger partial charge is 0.225 e. The Morgan fingerprint density at radius 3 is 2.85 bits per heavy atom. The maximum absolute atomic E-state index is 12.2. The van der Waals surface area contributed by atoms with Crippen molar-refractivity contribution in [3.63, 3.8) is 0 Å². The van der Waals surface area contributed by atoms with E-state index in [1.165, 1.54) is 11.8 Å². The Morgan fingerprint density at radius 2 is 2.04 bits per heavy atom. The van der Waals surface area contributed by atoms with Crippen LogP contribution < -0.4 is 10.1 Å². The second-order valence-corrected chi connectivity index (χ2v) is 6.52. The molecule has 0 spiro atoms. The Kier molecular flexibility index (Phi) is 6.07. The number of hydrogen-bond donors (Lipinski definition) is 1. The van der Waals surface area contributed by atoms with Gasteiger partial charge in [0, 0.05) is 12.2 Å². The average Bonchev–Trinajstić information content (AvgIpc) is 3.16. The fourth-order valence-electron chi connectivity index (χ4n) is 2.45. The van der Waals surface area contributed by atoms with E-state index in [0.29, 0.717) is 27.9 Å². The van der Waals surface area contributed by atoms with Gasteiger partial charge in [-0.05, 0) is 24.3 Å². The highest BCUT2D eigenvalue weighted by molar-refractivity contribution is 7.99. The quantitative estimate of drug-likeness (QED) is 0.633. The number of nitrogens with zero attached hydrogens (tertiary/aromatic N) is 4. The number of nitriles is 1. The first-order chi connectivity index (χ1) is 13.2. The molecular formula is C19H17N5O2S. The summed E-state index contributed by atoms with van der Waals surface area (Å²) in [7, 11) is 1.61. The number of carbonyl (C=O) groups excluding carboxylic acids is 1. The van der Waals surface area contributed by atoms with Crippen molar-refractivity contribution in [2.75, 3.05) is 18.2 Å². The molecule has 0 bridgehead atoms. The molecule has 0 saturated heterocycles. The number of nitrogens with one attached hydrogen (secondary N) is 1. The number of para-hydroxylation sites is 3. The van der Waals surface area contributed by atoms with Crippen molar-refractivity contribution < 1.29 is 9.53 Å². The monoisotopic (exact) mass is 379 g/mol. The molecule has 0 fully saturated rings. The molecule has 136 valence electrons. The van der Waals surface area contributed by atoms with Crippen molar-refractivity contribution in [3.05, 3.63) is 60.4 Å². The van der Waals surface area contributed by atoms with Crippen molar-refractivity contribution in [2.24, 2.45) is 0 Å². The number of hydrogen-bond acceptors (Lipinski definition) is 6. The van der Waals surface area contributed by atoms with E-state index < -0.39 is 0 Å². The molecule has 0 aliphatic carbocycles. The Labute approximate surface area is 161 Å². The van der Waals surface area contributed by atoms with E-state index in [1.54, 1.807) is 37.7 Å². The third kappa shape index (κ3) is 4.46. The summed E-state index contributed by atoms with van der Waals surface area (Å²) in [6.07, 6.45) is 1.90. The molecule has 2 aromatic carbocycles. The van der Waals surface area contributed by atoms with Crippen molar-refractivity contribution in [1.29, 1.82) is 5.26 Å². The molecule has 1 heterocycles. The molecule has 1 amide bonds. The number of thioether (sulfide) groups is 1. The average molecular weight is 379 g/mol. The van der Waals surface area contributed by atoms with E-state index in [4.69, 9.17) is 10.00 Å². The molecular weight excluding hydrogens is 362 g/mol. The number of ether oxygens (including phenoxy) is 1. The van der Waals surface area contributed by atoms with Crippen LogP contribution in [-0.4, -0.2) is 33.5 Å². The van der Waals surface area contributed by atoms with Gasteiger partial charge in [-0.1, -0.05) is 36.0 Å². The summed E-state index contributed by atoms with van der Waals surface area (Å²) in [6, 6.07) is 16.6. The lowest BCUT2D eigenvalue weighted by Gasteiger charge is -2.10. The Morgan fingerprint density at radius 1 is 1.26 bits per heavy atom. The molecule has 0 radical (unpaired) electrons. The molecule has 1 N–H and O–H groups in total. The largest absolute Gasteiger partial charge is 0.495 e. The fourth-order valence-corrected chi connectivity index (χ4v) is 3.31. The highest BCUT2D eigenvalue weighted by Gasteiger charge is 2.12. The molecule has 8 heteroatoms. The summed E-state index contributed by atoms with van der Waals surface area (Å²) in [5, 5.41) is 20.6. The zero-order valence-electron chi connectivity index (χ0n) is 14.6. The van der Waals surface area contributed by atoms with Crippen LogP contribution in [0, 0.1) is 11.3 Å². The van der Waals surface area contributed by atoms with Gasteiger partial charge in [-0.3, -0.25) is 9.36 Å². The Bertz CT molecular complexity index is 980. The minimum absolute atomic E-state index is 0.159. The second-order valence-electron chi connectivity index (χ2n) is 5.46. The van der Waals surface area contributed by atoms with Crippen LogP contribution in [0.3, 0.4) is 0 Å². The first-order valence-electron chi connectivity index (χ1n) is 8.18. The highest BCUT2D eigenvalue weighted by Crippen LogP contribution is 2.26. The zero-order chi connectivity index (χ0) is 19.1. The summed E-state index contributed by atoms with van der Waals surface area (Å²) in [5.74, 6) is 1.08. The number of benzene rings is 2. The third-order valence-electron chi connectivity index (χ3n) is 3.74. The van der Waals surface area contributed by atoms with Gasteiger partial charge in [0.25, 0.3) is 0 Å². The first kappa shape index (κ1) is 18.5. The minimum atomic E-state index is -0.159. The summed E-state index contributed by atoms with van der Waals surface area (Å²) < 4.78 is 7.20. The van der Waals surface area contributed by atoms with Crippen LogP contribution >= 0.6 is 11.8 Å². The standard InChI is InChI=1S/C19H17N5O2S/c1-26-17-9-5-4-8-16(17)24-13-21-23-19(24)27-11-10-18(25)22-15-7-3-2-6-14(15)12-20/h2-9,13H,10-11H2,1H3,(H,22,25). The molecule has 1 aromatic heterocycles. The summed E-state index contributed by atoms with van der Waals surface area (Å²) >= 11 is 1.42. The van der Waals surface area contributed by atoms with E-state index in [1.807, 2.05) is 28.8 Å². The molecule has 3 rings (SSSR count). The molecule has 27 heavy (non-hydrogen) atoms. The Hall–Kier alpha value is -3.31. The molecule has 0 aliphatic rings. The number of amides is 1. The van der Waals surface area contributed by atoms with Crippen molar-refractivity contribution >= 4 is 23.4 Å². The van der Waals surface area contributed by atoms with E-state index in [-0.39, 0.29) is 12.3 Å². The topological polar surface area (TPSA) is 92.8 Å². The number of carbonyl (C=O) groups is 1. The van der Waals surface area contributed by atoms with Crippen LogP contribution in [0.15, 0.2) is 60.0 Å². The minimum Gasteiger partial charge on any atom is -0.495 e. The van der Waals surface area contributed by atoms with Gasteiger partial charge in [0.2, 0.25) is 5.91 Å². The molecule has 0 unspecified atom stereocenters. The summed E-state index contributed by atoms with van der Waals surface area (Å²) in [4.78, 5) is 12.2. The third-order valence-corrected chi connectivity index (χ3v) is 4.69. The molecule has 0 atom stereocenters. The number of aromatic nitrogens is 3. The van der Waals surface area contributed by atoms with Gasteiger partial charge in [-0.2, -0.15) is 5.26 Å². The van der Waals surface area contributed by atoms with E-state index >= 15 is 0 Å². The number of rotatable bonds is 7. The lowest BCUT2D eigenvalue weighted by atomic mass is 10.2. The van der Waals surface area contributed by atoms with Gasteiger partial charge < -0.3 is 10.1 Å². The Balaban J connectivity index is 1.61. The van der Waals surface area contributed by atoms with Gasteiger partial charge in [-0.15, -0.1) is 10.2 Å². The molecule has 0 aliphatic heterocycles. The molecule has 3 aromatic rings. The predicted molar refractivity (Wildman–Crippen MR) is 103 cm³/mol. The zero-order valence-corrected chi connectivity index (χ0v) is 15.4. The maximum Gasteiger partial charge on any atom is 0.225 e. The predicted octanol–water partition coefficient (Wildman–Crippen LogP) is 3.27. The van der Waals surface area contributed by atoms with Crippen LogP contribution in [-0.2, 0) is 4.79 Å². The van der Waals surface area contributed by atoms with E-state index in [2.05, 4.69) is 21.6 Å². The lowest BCUT2D eigenvalue weighted by Crippen LogP contribution is -2.13. The fraction of sp³-hybridized carbons (Fsp3) is 0.158. The highest BCUT2D eigenvalue weighted by atomic mass is 32.2. The van der Waals surface area contributed by atoms with E-state index in [0.717, 1.165) is 5.69 Å². The summed E-state index contributed by atoms with van der Waals surface area (Å²) in [6.45, 7) is 0. The van der Waals surface area contributed by atoms with Gasteiger partial charge in [0.15, 0.2) is 5.16 Å².